The van der Waals surface area contributed by atoms with Crippen LogP contribution in [0.1, 0.15) is 43.5 Å². The number of ether oxygens (including phenoxy) is 1. The molecule has 0 N–H and O–H groups in total. The third-order valence-electron chi connectivity index (χ3n) is 3.77. The van der Waals surface area contributed by atoms with Gasteiger partial charge >= 0.3 is 0 Å². The maximum absolute atomic E-state index is 6.61. The van der Waals surface area contributed by atoms with Gasteiger partial charge in [-0.05, 0) is 36.0 Å². The van der Waals surface area contributed by atoms with E-state index in [1.54, 1.807) is 7.11 Å². The summed E-state index contributed by atoms with van der Waals surface area (Å²) < 4.78 is 5.16. The maximum Gasteiger partial charge on any atom is 0.118 e. The van der Waals surface area contributed by atoms with E-state index in [0.29, 0.717) is 0 Å². The summed E-state index contributed by atoms with van der Waals surface area (Å²) in [6.07, 6.45) is 5.12. The first-order valence-corrected chi connectivity index (χ1v) is 6.37. The summed E-state index contributed by atoms with van der Waals surface area (Å²) in [6.45, 7) is 2.31. The fourth-order valence-corrected chi connectivity index (χ4v) is 2.98. The van der Waals surface area contributed by atoms with Crippen LogP contribution in [0.15, 0.2) is 24.3 Å². The van der Waals surface area contributed by atoms with E-state index in [2.05, 4.69) is 19.1 Å². The highest BCUT2D eigenvalue weighted by molar-refractivity contribution is 6.21. The molecule has 1 aliphatic carbocycles. The normalized spacial score (nSPS) is 20.7. The van der Waals surface area contributed by atoms with Gasteiger partial charge in [-0.2, -0.15) is 0 Å². The minimum absolute atomic E-state index is 0.126. The lowest BCUT2D eigenvalue weighted by Crippen LogP contribution is -2.17. The number of benzene rings is 1. The van der Waals surface area contributed by atoms with Crippen LogP contribution in [0, 0.1) is 5.41 Å². The van der Waals surface area contributed by atoms with Gasteiger partial charge in [-0.1, -0.05) is 31.9 Å². The van der Waals surface area contributed by atoms with Gasteiger partial charge in [0.05, 0.1) is 12.5 Å². The lowest BCUT2D eigenvalue weighted by molar-refractivity contribution is 0.321. The van der Waals surface area contributed by atoms with Gasteiger partial charge < -0.3 is 4.74 Å². The molecule has 16 heavy (non-hydrogen) atoms. The van der Waals surface area contributed by atoms with Crippen LogP contribution in [0.5, 0.6) is 5.75 Å². The Hall–Kier alpha value is -0.690. The van der Waals surface area contributed by atoms with E-state index in [4.69, 9.17) is 16.3 Å². The Bertz CT molecular complexity index is 338. The first-order valence-electron chi connectivity index (χ1n) is 5.94. The molecule has 1 unspecified atom stereocenters. The van der Waals surface area contributed by atoms with Crippen LogP contribution in [0.4, 0.5) is 0 Å². The van der Waals surface area contributed by atoms with Gasteiger partial charge in [0, 0.05) is 0 Å². The molecule has 1 fully saturated rings. The van der Waals surface area contributed by atoms with Gasteiger partial charge in [0.25, 0.3) is 0 Å². The molecule has 0 spiro atoms. The van der Waals surface area contributed by atoms with E-state index in [0.717, 1.165) is 5.75 Å². The summed E-state index contributed by atoms with van der Waals surface area (Å²) in [5.41, 5.74) is 1.49. The topological polar surface area (TPSA) is 9.23 Å². The maximum atomic E-state index is 6.61. The van der Waals surface area contributed by atoms with Crippen LogP contribution < -0.4 is 4.74 Å². The van der Waals surface area contributed by atoms with Gasteiger partial charge in [0.2, 0.25) is 0 Å². The highest BCUT2D eigenvalue weighted by atomic mass is 35.5. The van der Waals surface area contributed by atoms with Crippen molar-refractivity contribution >= 4 is 11.6 Å². The summed E-state index contributed by atoms with van der Waals surface area (Å²) in [5.74, 6) is 0.893. The zero-order chi connectivity index (χ0) is 11.6. The van der Waals surface area contributed by atoms with Crippen LogP contribution in [-0.2, 0) is 0 Å². The average molecular weight is 239 g/mol. The van der Waals surface area contributed by atoms with E-state index >= 15 is 0 Å². The highest BCUT2D eigenvalue weighted by Crippen LogP contribution is 2.50. The summed E-state index contributed by atoms with van der Waals surface area (Å²) in [4.78, 5) is 0. The van der Waals surface area contributed by atoms with Crippen molar-refractivity contribution in [2.24, 2.45) is 5.41 Å². The molecule has 0 aliphatic heterocycles. The zero-order valence-electron chi connectivity index (χ0n) is 10.0. The third kappa shape index (κ3) is 2.20. The minimum Gasteiger partial charge on any atom is -0.497 e. The fraction of sp³-hybridized carbons (Fsp3) is 0.571. The molecule has 0 heterocycles. The quantitative estimate of drug-likeness (QED) is 0.702. The number of hydrogen-bond donors (Lipinski definition) is 0. The van der Waals surface area contributed by atoms with Crippen molar-refractivity contribution < 1.29 is 4.74 Å². The van der Waals surface area contributed by atoms with Crippen LogP contribution in [0.2, 0.25) is 0 Å². The molecular formula is C14H19ClO. The van der Waals surface area contributed by atoms with Gasteiger partial charge in [0.15, 0.2) is 0 Å². The van der Waals surface area contributed by atoms with Crippen LogP contribution in [0.3, 0.4) is 0 Å². The van der Waals surface area contributed by atoms with E-state index in [1.807, 2.05) is 12.1 Å². The summed E-state index contributed by atoms with van der Waals surface area (Å²) >= 11 is 6.61. The van der Waals surface area contributed by atoms with Crippen molar-refractivity contribution in [1.29, 1.82) is 0 Å². The van der Waals surface area contributed by atoms with Crippen LogP contribution in [0.25, 0.3) is 0 Å². The average Bonchev–Trinajstić information content (AvgIpc) is 2.77. The predicted molar refractivity (Wildman–Crippen MR) is 68.2 cm³/mol. The van der Waals surface area contributed by atoms with Crippen molar-refractivity contribution in [2.75, 3.05) is 7.11 Å². The molecule has 88 valence electrons. The second-order valence-electron chi connectivity index (χ2n) is 5.00. The summed E-state index contributed by atoms with van der Waals surface area (Å²) in [6, 6.07) is 8.15. The van der Waals surface area contributed by atoms with Crippen molar-refractivity contribution in [3.05, 3.63) is 29.8 Å². The molecule has 0 radical (unpaired) electrons. The molecule has 1 aromatic rings. The predicted octanol–water partition coefficient (Wildman–Crippen LogP) is 4.56. The lowest BCUT2D eigenvalue weighted by Gasteiger charge is -2.29. The van der Waals surface area contributed by atoms with Crippen molar-refractivity contribution in [1.82, 2.24) is 0 Å². The van der Waals surface area contributed by atoms with E-state index in [1.165, 1.54) is 31.2 Å². The van der Waals surface area contributed by atoms with Crippen LogP contribution >= 0.6 is 11.6 Å². The molecule has 2 rings (SSSR count). The molecule has 0 bridgehead atoms. The van der Waals surface area contributed by atoms with Crippen molar-refractivity contribution in [3.63, 3.8) is 0 Å². The SMILES string of the molecule is COc1ccc(C(Cl)C2(C)CCCC2)cc1. The van der Waals surface area contributed by atoms with E-state index < -0.39 is 0 Å². The van der Waals surface area contributed by atoms with Gasteiger partial charge in [0.1, 0.15) is 5.75 Å². The molecule has 1 aliphatic rings. The number of hydrogen-bond acceptors (Lipinski definition) is 1. The molecule has 1 nitrogen and oxygen atoms in total. The minimum atomic E-state index is 0.126. The Kier molecular flexibility index (Phi) is 3.44. The monoisotopic (exact) mass is 238 g/mol. The molecular weight excluding hydrogens is 220 g/mol. The summed E-state index contributed by atoms with van der Waals surface area (Å²) in [7, 11) is 1.69. The Morgan fingerprint density at radius 3 is 2.25 bits per heavy atom. The first kappa shape index (κ1) is 11.8. The van der Waals surface area contributed by atoms with Gasteiger partial charge in [-0.15, -0.1) is 11.6 Å². The number of halogens is 1. The molecule has 0 aromatic heterocycles. The molecule has 2 heteroatoms. The largest absolute Gasteiger partial charge is 0.497 e. The first-order chi connectivity index (χ1) is 7.65. The Morgan fingerprint density at radius 2 is 1.75 bits per heavy atom. The fourth-order valence-electron chi connectivity index (χ4n) is 2.61. The molecule has 1 saturated carbocycles. The second-order valence-corrected chi connectivity index (χ2v) is 5.43. The Morgan fingerprint density at radius 1 is 1.19 bits per heavy atom. The van der Waals surface area contributed by atoms with Gasteiger partial charge in [-0.25, -0.2) is 0 Å². The zero-order valence-corrected chi connectivity index (χ0v) is 10.8. The van der Waals surface area contributed by atoms with Gasteiger partial charge in [-0.3, -0.25) is 0 Å². The van der Waals surface area contributed by atoms with E-state index in [9.17, 15) is 0 Å². The van der Waals surface area contributed by atoms with Crippen molar-refractivity contribution in [2.45, 2.75) is 38.0 Å². The molecule has 0 amide bonds. The standard InChI is InChI=1S/C14H19ClO/c1-14(9-3-4-10-14)13(15)11-5-7-12(16-2)8-6-11/h5-8,13H,3-4,9-10H2,1-2H3. The number of methoxy groups -OCH3 is 1. The molecule has 1 aromatic carbocycles. The Balaban J connectivity index is 2.16. The molecule has 0 saturated heterocycles. The number of alkyl halides is 1. The molecule has 1 atom stereocenters. The smallest absolute Gasteiger partial charge is 0.118 e. The third-order valence-corrected chi connectivity index (χ3v) is 4.54. The van der Waals surface area contributed by atoms with Crippen LogP contribution in [-0.4, -0.2) is 7.11 Å². The van der Waals surface area contributed by atoms with E-state index in [-0.39, 0.29) is 10.8 Å². The second kappa shape index (κ2) is 4.67. The van der Waals surface area contributed by atoms with Crippen molar-refractivity contribution in [3.8, 4) is 5.75 Å². The summed E-state index contributed by atoms with van der Waals surface area (Å²) in [5, 5.41) is 0.126. The highest BCUT2D eigenvalue weighted by Gasteiger charge is 2.36. The number of rotatable bonds is 3. The Labute approximate surface area is 103 Å². The lowest BCUT2D eigenvalue weighted by atomic mass is 9.81.